The Kier molecular flexibility index (Phi) is 2.22. The van der Waals surface area contributed by atoms with Crippen LogP contribution in [0.4, 0.5) is 13.2 Å². The number of fused-ring (bicyclic) bond motifs is 1. The van der Waals surface area contributed by atoms with E-state index >= 15 is 0 Å². The third-order valence-corrected chi connectivity index (χ3v) is 2.26. The minimum absolute atomic E-state index is 0.00965. The lowest BCUT2D eigenvalue weighted by Gasteiger charge is -2.08. The second kappa shape index (κ2) is 3.33. The summed E-state index contributed by atoms with van der Waals surface area (Å²) in [7, 11) is 0. The second-order valence-corrected chi connectivity index (χ2v) is 3.34. The molecule has 0 fully saturated rings. The largest absolute Gasteiger partial charge is 0.417 e. The van der Waals surface area contributed by atoms with Gasteiger partial charge in [0.2, 0.25) is 0 Å². The Bertz CT molecular complexity index is 557. The van der Waals surface area contributed by atoms with E-state index in [1.807, 2.05) is 0 Å². The second-order valence-electron chi connectivity index (χ2n) is 3.34. The average molecular weight is 228 g/mol. The van der Waals surface area contributed by atoms with Gasteiger partial charge in [0.1, 0.15) is 5.65 Å². The lowest BCUT2D eigenvalue weighted by atomic mass is 10.1. The highest BCUT2D eigenvalue weighted by molar-refractivity contribution is 6.07. The lowest BCUT2D eigenvalue weighted by Crippen LogP contribution is -2.07. The molecule has 3 nitrogen and oxygen atoms in total. The summed E-state index contributed by atoms with van der Waals surface area (Å²) in [5.74, 6) is -0.426. The van der Waals surface area contributed by atoms with Crippen LogP contribution in [0.2, 0.25) is 0 Å². The number of rotatable bonds is 1. The fourth-order valence-electron chi connectivity index (χ4n) is 1.57. The Balaban J connectivity index is 2.84. The summed E-state index contributed by atoms with van der Waals surface area (Å²) in [6, 6.07) is 0.864. The zero-order valence-corrected chi connectivity index (χ0v) is 8.22. The molecule has 84 valence electrons. The Morgan fingerprint density at radius 2 is 2.12 bits per heavy atom. The number of aromatic amines is 1. The highest BCUT2D eigenvalue weighted by atomic mass is 19.4. The molecule has 2 rings (SSSR count). The number of hydrogen-bond donors (Lipinski definition) is 1. The highest BCUT2D eigenvalue weighted by Crippen LogP contribution is 2.35. The first-order chi connectivity index (χ1) is 7.41. The van der Waals surface area contributed by atoms with E-state index in [4.69, 9.17) is 0 Å². The van der Waals surface area contributed by atoms with Crippen LogP contribution in [0, 0.1) is 0 Å². The van der Waals surface area contributed by atoms with Crippen LogP contribution < -0.4 is 0 Å². The van der Waals surface area contributed by atoms with Gasteiger partial charge in [-0.3, -0.25) is 4.79 Å². The molecule has 0 radical (unpaired) electrons. The van der Waals surface area contributed by atoms with Crippen LogP contribution in [0.3, 0.4) is 0 Å². The van der Waals surface area contributed by atoms with E-state index in [-0.39, 0.29) is 16.6 Å². The Labute approximate surface area is 88.3 Å². The topological polar surface area (TPSA) is 45.8 Å². The molecule has 6 heteroatoms. The fraction of sp³-hybridized carbons (Fsp3) is 0.200. The predicted molar refractivity (Wildman–Crippen MR) is 51.1 cm³/mol. The highest BCUT2D eigenvalue weighted by Gasteiger charge is 2.34. The summed E-state index contributed by atoms with van der Waals surface area (Å²) in [6.07, 6.45) is -2.19. The van der Waals surface area contributed by atoms with E-state index in [0.717, 1.165) is 12.3 Å². The molecule has 0 aliphatic carbocycles. The fourth-order valence-corrected chi connectivity index (χ4v) is 1.57. The Hall–Kier alpha value is -1.85. The molecule has 0 aliphatic rings. The quantitative estimate of drug-likeness (QED) is 0.763. The van der Waals surface area contributed by atoms with Gasteiger partial charge in [-0.25, -0.2) is 4.98 Å². The van der Waals surface area contributed by atoms with Gasteiger partial charge >= 0.3 is 6.18 Å². The number of hydrogen-bond acceptors (Lipinski definition) is 2. The van der Waals surface area contributed by atoms with E-state index in [0.29, 0.717) is 0 Å². The third kappa shape index (κ3) is 1.56. The van der Waals surface area contributed by atoms with Gasteiger partial charge in [0.05, 0.1) is 5.56 Å². The van der Waals surface area contributed by atoms with Crippen molar-refractivity contribution in [2.75, 3.05) is 0 Å². The monoisotopic (exact) mass is 228 g/mol. The zero-order valence-electron chi connectivity index (χ0n) is 8.22. The van der Waals surface area contributed by atoms with E-state index in [1.165, 1.54) is 13.1 Å². The van der Waals surface area contributed by atoms with Gasteiger partial charge in [-0.05, 0) is 13.0 Å². The summed E-state index contributed by atoms with van der Waals surface area (Å²) >= 11 is 0. The summed E-state index contributed by atoms with van der Waals surface area (Å²) in [5, 5.41) is -0.164. The van der Waals surface area contributed by atoms with E-state index < -0.39 is 17.5 Å². The molecule has 0 aromatic carbocycles. The van der Waals surface area contributed by atoms with Crippen LogP contribution in [-0.2, 0) is 6.18 Å². The number of carbonyl (C=O) groups excluding carboxylic acids is 1. The summed E-state index contributed by atoms with van der Waals surface area (Å²) in [6.45, 7) is 1.22. The Morgan fingerprint density at radius 3 is 2.69 bits per heavy atom. The van der Waals surface area contributed by atoms with Crippen molar-refractivity contribution in [2.45, 2.75) is 13.1 Å². The first-order valence-electron chi connectivity index (χ1n) is 4.45. The van der Waals surface area contributed by atoms with Gasteiger partial charge in [-0.2, -0.15) is 13.2 Å². The summed E-state index contributed by atoms with van der Waals surface area (Å²) in [4.78, 5) is 17.5. The zero-order chi connectivity index (χ0) is 11.9. The first kappa shape index (κ1) is 10.7. The molecule has 0 saturated carbocycles. The SMILES string of the molecule is CC(=O)c1c[nH]c2nccc(C(F)(F)F)c12. The van der Waals surface area contributed by atoms with Crippen molar-refractivity contribution in [1.29, 1.82) is 0 Å². The number of H-pyrrole nitrogens is 1. The number of nitrogens with one attached hydrogen (secondary N) is 1. The van der Waals surface area contributed by atoms with Gasteiger partial charge in [0, 0.05) is 23.3 Å². The molecule has 0 unspecified atom stereocenters. The van der Waals surface area contributed by atoms with Crippen LogP contribution >= 0.6 is 0 Å². The van der Waals surface area contributed by atoms with Crippen molar-refractivity contribution in [2.24, 2.45) is 0 Å². The molecule has 0 atom stereocenters. The van der Waals surface area contributed by atoms with Crippen molar-refractivity contribution in [3.05, 3.63) is 29.6 Å². The van der Waals surface area contributed by atoms with E-state index in [1.54, 1.807) is 0 Å². The van der Waals surface area contributed by atoms with Crippen molar-refractivity contribution in [3.63, 3.8) is 0 Å². The maximum absolute atomic E-state index is 12.7. The van der Waals surface area contributed by atoms with Gasteiger partial charge in [-0.1, -0.05) is 0 Å². The smallest absolute Gasteiger partial charge is 0.345 e. The number of ketones is 1. The predicted octanol–water partition coefficient (Wildman–Crippen LogP) is 2.78. The van der Waals surface area contributed by atoms with Crippen LogP contribution in [0.5, 0.6) is 0 Å². The molecule has 16 heavy (non-hydrogen) atoms. The molecule has 0 spiro atoms. The molecular formula is C10H7F3N2O. The molecule has 2 heterocycles. The molecule has 1 N–H and O–H groups in total. The summed E-state index contributed by atoms with van der Waals surface area (Å²) in [5.41, 5.74) is -0.764. The molecule has 0 saturated heterocycles. The number of aromatic nitrogens is 2. The van der Waals surface area contributed by atoms with Crippen molar-refractivity contribution in [1.82, 2.24) is 9.97 Å². The number of nitrogens with zero attached hydrogens (tertiary/aromatic N) is 1. The summed E-state index contributed by atoms with van der Waals surface area (Å²) < 4.78 is 38.1. The van der Waals surface area contributed by atoms with Gasteiger partial charge < -0.3 is 4.98 Å². The number of Topliss-reactive ketones (excluding diaryl/α,β-unsaturated/α-hetero) is 1. The van der Waals surface area contributed by atoms with Crippen LogP contribution in [0.25, 0.3) is 11.0 Å². The maximum Gasteiger partial charge on any atom is 0.417 e. The third-order valence-electron chi connectivity index (χ3n) is 2.26. The van der Waals surface area contributed by atoms with Crippen LogP contribution in [0.1, 0.15) is 22.8 Å². The molecule has 0 amide bonds. The van der Waals surface area contributed by atoms with Crippen LogP contribution in [-0.4, -0.2) is 15.8 Å². The number of pyridine rings is 1. The van der Waals surface area contributed by atoms with Gasteiger partial charge in [-0.15, -0.1) is 0 Å². The molecule has 0 aliphatic heterocycles. The first-order valence-corrected chi connectivity index (χ1v) is 4.45. The standard InChI is InChI=1S/C10H7F3N2O/c1-5(16)6-4-15-9-8(6)7(2-3-14-9)10(11,12)13/h2-4H,1H3,(H,14,15). The van der Waals surface area contributed by atoms with Crippen molar-refractivity contribution < 1.29 is 18.0 Å². The number of halogens is 3. The molecule has 2 aromatic rings. The minimum Gasteiger partial charge on any atom is -0.345 e. The van der Waals surface area contributed by atoms with E-state index in [9.17, 15) is 18.0 Å². The Morgan fingerprint density at radius 1 is 1.44 bits per heavy atom. The molecule has 2 aromatic heterocycles. The number of alkyl halides is 3. The lowest BCUT2D eigenvalue weighted by molar-refractivity contribution is -0.136. The minimum atomic E-state index is -4.49. The number of carbonyl (C=O) groups is 1. The normalized spacial score (nSPS) is 12.0. The van der Waals surface area contributed by atoms with Crippen molar-refractivity contribution in [3.8, 4) is 0 Å². The van der Waals surface area contributed by atoms with Gasteiger partial charge in [0.15, 0.2) is 5.78 Å². The van der Waals surface area contributed by atoms with E-state index in [2.05, 4.69) is 9.97 Å². The molecular weight excluding hydrogens is 221 g/mol. The maximum atomic E-state index is 12.7. The van der Waals surface area contributed by atoms with Crippen molar-refractivity contribution >= 4 is 16.8 Å². The van der Waals surface area contributed by atoms with Crippen LogP contribution in [0.15, 0.2) is 18.5 Å². The average Bonchev–Trinajstić information content (AvgIpc) is 2.58. The van der Waals surface area contributed by atoms with Gasteiger partial charge in [0.25, 0.3) is 0 Å². The molecule has 0 bridgehead atoms.